The summed E-state index contributed by atoms with van der Waals surface area (Å²) >= 11 is 6.10. The van der Waals surface area contributed by atoms with Crippen LogP contribution < -0.4 is 10.1 Å². The van der Waals surface area contributed by atoms with E-state index in [0.29, 0.717) is 17.9 Å². The fraction of sp³-hybridized carbons (Fsp3) is 0.350. The van der Waals surface area contributed by atoms with Crippen LogP contribution in [0.1, 0.15) is 18.4 Å². The van der Waals surface area contributed by atoms with Gasteiger partial charge in [-0.15, -0.1) is 0 Å². The molecule has 1 atom stereocenters. The zero-order valence-corrected chi connectivity index (χ0v) is 17.5. The molecule has 2 aromatic carbocycles. The predicted octanol–water partition coefficient (Wildman–Crippen LogP) is 3.20. The van der Waals surface area contributed by atoms with Crippen molar-refractivity contribution < 1.29 is 22.3 Å². The Kier molecular flexibility index (Phi) is 6.77. The van der Waals surface area contributed by atoms with Gasteiger partial charge >= 0.3 is 0 Å². The SMILES string of the molecule is COc1ccc(F)cc1S(=O)(=O)N1CCC[C@H](C(=O)NCc2ccccc2Cl)C1. The Morgan fingerprint density at radius 3 is 2.79 bits per heavy atom. The number of sulfonamides is 1. The highest BCUT2D eigenvalue weighted by Gasteiger charge is 2.35. The average molecular weight is 441 g/mol. The molecule has 156 valence electrons. The van der Waals surface area contributed by atoms with Gasteiger partial charge in [0, 0.05) is 24.7 Å². The number of methoxy groups -OCH3 is 1. The number of amides is 1. The van der Waals surface area contributed by atoms with Gasteiger partial charge in [-0.05, 0) is 42.7 Å². The molecule has 1 aliphatic heterocycles. The fourth-order valence-electron chi connectivity index (χ4n) is 3.33. The minimum Gasteiger partial charge on any atom is -0.495 e. The molecule has 1 amide bonds. The van der Waals surface area contributed by atoms with Crippen LogP contribution in [0.2, 0.25) is 5.02 Å². The Labute approximate surface area is 174 Å². The predicted molar refractivity (Wildman–Crippen MR) is 108 cm³/mol. The van der Waals surface area contributed by atoms with Gasteiger partial charge in [0.15, 0.2) is 0 Å². The fourth-order valence-corrected chi connectivity index (χ4v) is 5.23. The maximum absolute atomic E-state index is 13.7. The van der Waals surface area contributed by atoms with Gasteiger partial charge in [-0.3, -0.25) is 4.79 Å². The van der Waals surface area contributed by atoms with Gasteiger partial charge in [-0.2, -0.15) is 4.31 Å². The average Bonchev–Trinajstić information content (AvgIpc) is 2.73. The van der Waals surface area contributed by atoms with Crippen molar-refractivity contribution in [3.05, 3.63) is 58.9 Å². The van der Waals surface area contributed by atoms with E-state index >= 15 is 0 Å². The number of ether oxygens (including phenoxy) is 1. The first-order valence-corrected chi connectivity index (χ1v) is 11.0. The highest BCUT2D eigenvalue weighted by molar-refractivity contribution is 7.89. The Hall–Kier alpha value is -2.16. The summed E-state index contributed by atoms with van der Waals surface area (Å²) in [5.41, 5.74) is 0.785. The molecule has 0 saturated carbocycles. The number of rotatable bonds is 6. The normalized spacial score (nSPS) is 17.7. The molecule has 1 heterocycles. The van der Waals surface area contributed by atoms with Crippen LogP contribution in [0.15, 0.2) is 47.4 Å². The molecule has 9 heteroatoms. The molecule has 0 aliphatic carbocycles. The van der Waals surface area contributed by atoms with Crippen LogP contribution >= 0.6 is 11.6 Å². The molecule has 1 saturated heterocycles. The van der Waals surface area contributed by atoms with Crippen molar-refractivity contribution in [2.45, 2.75) is 24.3 Å². The van der Waals surface area contributed by atoms with E-state index in [1.54, 1.807) is 12.1 Å². The van der Waals surface area contributed by atoms with Gasteiger partial charge in [0.2, 0.25) is 15.9 Å². The quantitative estimate of drug-likeness (QED) is 0.748. The van der Waals surface area contributed by atoms with E-state index in [0.717, 1.165) is 17.7 Å². The van der Waals surface area contributed by atoms with Crippen molar-refractivity contribution in [3.63, 3.8) is 0 Å². The Bertz CT molecular complexity index is 1000. The molecule has 2 aromatic rings. The number of nitrogens with one attached hydrogen (secondary N) is 1. The van der Waals surface area contributed by atoms with Gasteiger partial charge in [-0.1, -0.05) is 29.8 Å². The number of benzene rings is 2. The number of carbonyl (C=O) groups is 1. The molecule has 1 fully saturated rings. The van der Waals surface area contributed by atoms with Crippen LogP contribution in [0.4, 0.5) is 4.39 Å². The van der Waals surface area contributed by atoms with Crippen LogP contribution in [0.3, 0.4) is 0 Å². The third-order valence-electron chi connectivity index (χ3n) is 4.91. The van der Waals surface area contributed by atoms with Crippen molar-refractivity contribution in [2.75, 3.05) is 20.2 Å². The second-order valence-corrected chi connectivity index (χ2v) is 9.12. The number of hydrogen-bond acceptors (Lipinski definition) is 4. The lowest BCUT2D eigenvalue weighted by atomic mass is 9.99. The number of piperidine rings is 1. The third-order valence-corrected chi connectivity index (χ3v) is 7.16. The lowest BCUT2D eigenvalue weighted by Gasteiger charge is -2.31. The van der Waals surface area contributed by atoms with E-state index in [1.165, 1.54) is 17.5 Å². The summed E-state index contributed by atoms with van der Waals surface area (Å²) in [5, 5.41) is 3.38. The molecule has 0 aromatic heterocycles. The zero-order valence-electron chi connectivity index (χ0n) is 15.9. The van der Waals surface area contributed by atoms with Crippen LogP contribution in [-0.2, 0) is 21.4 Å². The van der Waals surface area contributed by atoms with E-state index in [2.05, 4.69) is 5.32 Å². The molecule has 1 aliphatic rings. The molecular formula is C20H22ClFN2O4S. The molecular weight excluding hydrogens is 419 g/mol. The Morgan fingerprint density at radius 1 is 1.31 bits per heavy atom. The number of carbonyl (C=O) groups excluding carboxylic acids is 1. The van der Waals surface area contributed by atoms with Crippen molar-refractivity contribution >= 4 is 27.5 Å². The van der Waals surface area contributed by atoms with Crippen LogP contribution in [0.5, 0.6) is 5.75 Å². The van der Waals surface area contributed by atoms with Gasteiger partial charge in [-0.25, -0.2) is 12.8 Å². The van der Waals surface area contributed by atoms with Gasteiger partial charge < -0.3 is 10.1 Å². The number of halogens is 2. The summed E-state index contributed by atoms with van der Waals surface area (Å²) in [7, 11) is -2.67. The second kappa shape index (κ2) is 9.11. The minimum absolute atomic E-state index is 0.0242. The Morgan fingerprint density at radius 2 is 2.07 bits per heavy atom. The topological polar surface area (TPSA) is 75.7 Å². The standard InChI is InChI=1S/C20H22ClFN2O4S/c1-28-18-9-8-16(22)11-19(18)29(26,27)24-10-4-6-15(13-24)20(25)23-12-14-5-2-3-7-17(14)21/h2-3,5,7-9,11,15H,4,6,10,12-13H2,1H3,(H,23,25)/t15-/m0/s1. The Balaban J connectivity index is 1.72. The van der Waals surface area contributed by atoms with E-state index in [1.807, 2.05) is 12.1 Å². The van der Waals surface area contributed by atoms with Crippen molar-refractivity contribution in [3.8, 4) is 5.75 Å². The first-order valence-electron chi connectivity index (χ1n) is 9.17. The molecule has 0 spiro atoms. The smallest absolute Gasteiger partial charge is 0.246 e. The minimum atomic E-state index is -4.00. The maximum Gasteiger partial charge on any atom is 0.246 e. The third kappa shape index (κ3) is 4.88. The van der Waals surface area contributed by atoms with E-state index in [4.69, 9.17) is 16.3 Å². The maximum atomic E-state index is 13.7. The van der Waals surface area contributed by atoms with E-state index < -0.39 is 21.8 Å². The van der Waals surface area contributed by atoms with Crippen molar-refractivity contribution in [2.24, 2.45) is 5.92 Å². The summed E-state index contributed by atoms with van der Waals surface area (Å²) in [6.07, 6.45) is 1.10. The second-order valence-electron chi connectivity index (χ2n) is 6.81. The summed E-state index contributed by atoms with van der Waals surface area (Å²) in [5.74, 6) is -1.34. The van der Waals surface area contributed by atoms with Crippen molar-refractivity contribution in [1.82, 2.24) is 9.62 Å². The summed E-state index contributed by atoms with van der Waals surface area (Å²) in [4.78, 5) is 12.4. The highest BCUT2D eigenvalue weighted by atomic mass is 35.5. The molecule has 0 unspecified atom stereocenters. The van der Waals surface area contributed by atoms with Crippen molar-refractivity contribution in [1.29, 1.82) is 0 Å². The molecule has 29 heavy (non-hydrogen) atoms. The van der Waals surface area contributed by atoms with Crippen LogP contribution in [0.25, 0.3) is 0 Å². The number of nitrogens with zero attached hydrogens (tertiary/aromatic N) is 1. The van der Waals surface area contributed by atoms with E-state index in [9.17, 15) is 17.6 Å². The highest BCUT2D eigenvalue weighted by Crippen LogP contribution is 2.30. The summed E-state index contributed by atoms with van der Waals surface area (Å²) < 4.78 is 46.1. The van der Waals surface area contributed by atoms with Gasteiger partial charge in [0.1, 0.15) is 16.5 Å². The monoisotopic (exact) mass is 440 g/mol. The van der Waals surface area contributed by atoms with Crippen LogP contribution in [0, 0.1) is 11.7 Å². The zero-order chi connectivity index (χ0) is 21.0. The van der Waals surface area contributed by atoms with Gasteiger partial charge in [0.05, 0.1) is 13.0 Å². The lowest BCUT2D eigenvalue weighted by Crippen LogP contribution is -2.45. The largest absolute Gasteiger partial charge is 0.495 e. The van der Waals surface area contributed by atoms with E-state index in [-0.39, 0.29) is 36.2 Å². The summed E-state index contributed by atoms with van der Waals surface area (Å²) in [6, 6.07) is 10.5. The molecule has 1 N–H and O–H groups in total. The molecule has 3 rings (SSSR count). The molecule has 0 bridgehead atoms. The van der Waals surface area contributed by atoms with Gasteiger partial charge in [0.25, 0.3) is 0 Å². The number of hydrogen-bond donors (Lipinski definition) is 1. The summed E-state index contributed by atoms with van der Waals surface area (Å²) in [6.45, 7) is 0.548. The first-order chi connectivity index (χ1) is 13.8. The van der Waals surface area contributed by atoms with Crippen LogP contribution in [-0.4, -0.2) is 38.8 Å². The molecule has 6 nitrogen and oxygen atoms in total. The molecule has 0 radical (unpaired) electrons. The lowest BCUT2D eigenvalue weighted by molar-refractivity contribution is -0.126. The first kappa shape index (κ1) is 21.5.